The number of hydrogen-bond acceptors (Lipinski definition) is 3. The van der Waals surface area contributed by atoms with Crippen LogP contribution in [-0.4, -0.2) is 39.8 Å². The Morgan fingerprint density at radius 2 is 2.31 bits per heavy atom. The van der Waals surface area contributed by atoms with E-state index in [4.69, 9.17) is 10.2 Å². The number of allylic oxidation sites excluding steroid dienone is 1. The molecule has 0 radical (unpaired) electrons. The summed E-state index contributed by atoms with van der Waals surface area (Å²) < 4.78 is 0. The summed E-state index contributed by atoms with van der Waals surface area (Å²) in [5.41, 5.74) is 1.36. The lowest BCUT2D eigenvalue weighted by Crippen LogP contribution is -2.14. The second kappa shape index (κ2) is 9.06. The van der Waals surface area contributed by atoms with Gasteiger partial charge in [-0.05, 0) is 13.3 Å². The molecule has 0 aromatic carbocycles. The van der Waals surface area contributed by atoms with Crippen molar-refractivity contribution in [1.82, 2.24) is 0 Å². The van der Waals surface area contributed by atoms with Crippen LogP contribution in [-0.2, 0) is 0 Å². The van der Waals surface area contributed by atoms with E-state index in [0.29, 0.717) is 5.75 Å². The molecule has 0 saturated heterocycles. The Kier molecular flexibility index (Phi) is 9.40. The first-order valence-corrected chi connectivity index (χ1v) is 6.56. The molecule has 0 rings (SSSR count). The summed E-state index contributed by atoms with van der Waals surface area (Å²) in [6.07, 6.45) is 2.66. The molecule has 0 aromatic heterocycles. The summed E-state index contributed by atoms with van der Waals surface area (Å²) in [6, 6.07) is 0. The predicted molar refractivity (Wildman–Crippen MR) is 62.6 cm³/mol. The van der Waals surface area contributed by atoms with Gasteiger partial charge >= 0.3 is 0 Å². The molecule has 2 N–H and O–H groups in total. The second-order valence-corrected chi connectivity index (χ2v) is 4.73. The van der Waals surface area contributed by atoms with Crippen LogP contribution < -0.4 is 0 Å². The molecule has 1 unspecified atom stereocenters. The third-order valence-electron chi connectivity index (χ3n) is 1.56. The van der Waals surface area contributed by atoms with E-state index in [1.807, 2.05) is 0 Å². The van der Waals surface area contributed by atoms with Crippen LogP contribution >= 0.6 is 27.7 Å². The molecule has 0 aliphatic carbocycles. The van der Waals surface area contributed by atoms with E-state index in [-0.39, 0.29) is 6.61 Å². The lowest BCUT2D eigenvalue weighted by atomic mass is 10.2. The van der Waals surface area contributed by atoms with Gasteiger partial charge in [-0.25, -0.2) is 0 Å². The van der Waals surface area contributed by atoms with Gasteiger partial charge in [0.1, 0.15) is 0 Å². The van der Waals surface area contributed by atoms with Crippen LogP contribution in [0, 0.1) is 0 Å². The molecule has 0 aliphatic heterocycles. The molecule has 0 bridgehead atoms. The summed E-state index contributed by atoms with van der Waals surface area (Å²) in [5.74, 6) is 1.52. The highest BCUT2D eigenvalue weighted by molar-refractivity contribution is 9.09. The number of alkyl halides is 1. The van der Waals surface area contributed by atoms with Crippen molar-refractivity contribution in [3.05, 3.63) is 11.6 Å². The molecule has 13 heavy (non-hydrogen) atoms. The molecule has 1 atom stereocenters. The number of thioether (sulfide) groups is 1. The average molecular weight is 269 g/mol. The van der Waals surface area contributed by atoms with Gasteiger partial charge in [-0.15, -0.1) is 0 Å². The fraction of sp³-hybridized carbons (Fsp3) is 0.778. The van der Waals surface area contributed by atoms with Gasteiger partial charge in [-0.2, -0.15) is 11.8 Å². The van der Waals surface area contributed by atoms with E-state index >= 15 is 0 Å². The van der Waals surface area contributed by atoms with Crippen molar-refractivity contribution >= 4 is 27.7 Å². The third-order valence-corrected chi connectivity index (χ3v) is 2.98. The van der Waals surface area contributed by atoms with Gasteiger partial charge in [0, 0.05) is 16.8 Å². The minimum absolute atomic E-state index is 0.142. The Bertz CT molecular complexity index is 151. The van der Waals surface area contributed by atoms with Crippen LogP contribution in [0.25, 0.3) is 0 Å². The maximum absolute atomic E-state index is 9.03. The molecule has 0 amide bonds. The van der Waals surface area contributed by atoms with Crippen molar-refractivity contribution in [2.24, 2.45) is 0 Å². The predicted octanol–water partition coefficient (Wildman–Crippen LogP) is 1.80. The number of hydrogen-bond donors (Lipinski definition) is 2. The van der Waals surface area contributed by atoms with Crippen LogP contribution in [0.2, 0.25) is 0 Å². The molecule has 4 heteroatoms. The fourth-order valence-corrected chi connectivity index (χ4v) is 2.25. The molecule has 0 spiro atoms. The van der Waals surface area contributed by atoms with Crippen LogP contribution in [0.4, 0.5) is 0 Å². The first-order valence-electron chi connectivity index (χ1n) is 4.29. The first kappa shape index (κ1) is 13.5. The van der Waals surface area contributed by atoms with E-state index in [0.717, 1.165) is 17.5 Å². The zero-order valence-corrected chi connectivity index (χ0v) is 10.3. The summed E-state index contributed by atoms with van der Waals surface area (Å²) in [5, 5.41) is 18.6. The molecule has 0 heterocycles. The first-order chi connectivity index (χ1) is 6.20. The van der Waals surface area contributed by atoms with E-state index in [1.165, 1.54) is 5.57 Å². The Balaban J connectivity index is 3.38. The van der Waals surface area contributed by atoms with Gasteiger partial charge in [0.25, 0.3) is 0 Å². The molecule has 78 valence electrons. The van der Waals surface area contributed by atoms with Gasteiger partial charge < -0.3 is 10.2 Å². The van der Waals surface area contributed by atoms with Gasteiger partial charge in [-0.1, -0.05) is 27.6 Å². The van der Waals surface area contributed by atoms with Crippen LogP contribution in [0.15, 0.2) is 11.6 Å². The highest BCUT2D eigenvalue weighted by atomic mass is 79.9. The molecule has 2 nitrogen and oxygen atoms in total. The topological polar surface area (TPSA) is 40.5 Å². The molecular weight excluding hydrogens is 252 g/mol. The Morgan fingerprint density at radius 1 is 1.62 bits per heavy atom. The van der Waals surface area contributed by atoms with Gasteiger partial charge in [-0.3, -0.25) is 0 Å². The standard InChI is InChI=1S/C9H17BrO2S/c1-8(2-4-10)3-5-13-7-9(12)6-11/h3,9,11-12H,2,4-7H2,1H3. The lowest BCUT2D eigenvalue weighted by molar-refractivity contribution is 0.113. The largest absolute Gasteiger partial charge is 0.394 e. The molecule has 0 saturated carbocycles. The second-order valence-electron chi connectivity index (χ2n) is 2.86. The number of rotatable bonds is 7. The lowest BCUT2D eigenvalue weighted by Gasteiger charge is -2.04. The molecule has 0 aliphatic rings. The van der Waals surface area contributed by atoms with Crippen molar-refractivity contribution in [2.45, 2.75) is 19.4 Å². The minimum atomic E-state index is -0.574. The van der Waals surface area contributed by atoms with Crippen LogP contribution in [0.5, 0.6) is 0 Å². The summed E-state index contributed by atoms with van der Waals surface area (Å²) in [7, 11) is 0. The van der Waals surface area contributed by atoms with Gasteiger partial charge in [0.2, 0.25) is 0 Å². The average Bonchev–Trinajstić information content (AvgIpc) is 2.12. The maximum atomic E-state index is 9.03. The third kappa shape index (κ3) is 8.81. The van der Waals surface area contributed by atoms with E-state index in [2.05, 4.69) is 28.9 Å². The van der Waals surface area contributed by atoms with Crippen LogP contribution in [0.1, 0.15) is 13.3 Å². The Labute approximate surface area is 92.5 Å². The van der Waals surface area contributed by atoms with Crippen molar-refractivity contribution in [1.29, 1.82) is 0 Å². The number of halogens is 1. The van der Waals surface area contributed by atoms with E-state index in [1.54, 1.807) is 11.8 Å². The summed E-state index contributed by atoms with van der Waals surface area (Å²) in [4.78, 5) is 0. The quantitative estimate of drug-likeness (QED) is 0.420. The van der Waals surface area contributed by atoms with E-state index < -0.39 is 6.10 Å². The van der Waals surface area contributed by atoms with Crippen molar-refractivity contribution in [3.8, 4) is 0 Å². The van der Waals surface area contributed by atoms with Crippen molar-refractivity contribution in [2.75, 3.05) is 23.4 Å². The van der Waals surface area contributed by atoms with E-state index in [9.17, 15) is 0 Å². The fourth-order valence-electron chi connectivity index (χ4n) is 0.709. The highest BCUT2D eigenvalue weighted by Crippen LogP contribution is 2.08. The van der Waals surface area contributed by atoms with Crippen molar-refractivity contribution in [3.63, 3.8) is 0 Å². The molecule has 0 aromatic rings. The Morgan fingerprint density at radius 3 is 2.85 bits per heavy atom. The summed E-state index contributed by atoms with van der Waals surface area (Å²) >= 11 is 5.01. The monoisotopic (exact) mass is 268 g/mol. The van der Waals surface area contributed by atoms with Gasteiger partial charge in [0.05, 0.1) is 12.7 Å². The number of aliphatic hydroxyl groups excluding tert-OH is 2. The molecule has 0 fully saturated rings. The molecular formula is C9H17BrO2S. The summed E-state index contributed by atoms with van der Waals surface area (Å²) in [6.45, 7) is 1.96. The minimum Gasteiger partial charge on any atom is -0.394 e. The van der Waals surface area contributed by atoms with Crippen molar-refractivity contribution < 1.29 is 10.2 Å². The zero-order valence-electron chi connectivity index (χ0n) is 7.87. The zero-order chi connectivity index (χ0) is 10.1. The Hall–Kier alpha value is 0.490. The maximum Gasteiger partial charge on any atom is 0.0861 e. The smallest absolute Gasteiger partial charge is 0.0861 e. The van der Waals surface area contributed by atoms with Crippen LogP contribution in [0.3, 0.4) is 0 Å². The van der Waals surface area contributed by atoms with Gasteiger partial charge in [0.15, 0.2) is 0 Å². The highest BCUT2D eigenvalue weighted by Gasteiger charge is 1.99. The normalized spacial score (nSPS) is 14.6. The number of aliphatic hydroxyl groups is 2. The SMILES string of the molecule is CC(=CCSCC(O)CO)CCBr.